The van der Waals surface area contributed by atoms with E-state index in [0.717, 1.165) is 25.7 Å². The minimum absolute atomic E-state index is 0.0363. The van der Waals surface area contributed by atoms with Crippen molar-refractivity contribution in [1.29, 1.82) is 0 Å². The molecule has 0 spiro atoms. The van der Waals surface area contributed by atoms with Gasteiger partial charge in [0.1, 0.15) is 12.7 Å². The van der Waals surface area contributed by atoms with Crippen LogP contribution in [0.25, 0.3) is 0 Å². The lowest BCUT2D eigenvalue weighted by Crippen LogP contribution is -2.37. The van der Waals surface area contributed by atoms with Crippen LogP contribution in [0, 0.1) is 0 Å². The Morgan fingerprint density at radius 2 is 0.975 bits per heavy atom. The Labute approximate surface area is 248 Å². The molecule has 0 fully saturated rings. The predicted octanol–water partition coefficient (Wildman–Crippen LogP) is 8.77. The number of ether oxygens (including phenoxy) is 2. The van der Waals surface area contributed by atoms with E-state index in [-0.39, 0.29) is 25.2 Å². The first kappa shape index (κ1) is 38.9. The summed E-state index contributed by atoms with van der Waals surface area (Å²) in [7, 11) is 1.87. The Balaban J connectivity index is 4.00. The van der Waals surface area contributed by atoms with Gasteiger partial charge in [0, 0.05) is 25.9 Å². The van der Waals surface area contributed by atoms with Crippen molar-refractivity contribution in [2.75, 3.05) is 33.4 Å². The van der Waals surface area contributed by atoms with Gasteiger partial charge >= 0.3 is 11.9 Å². The SMILES string of the molecule is CCCCCCCCCCCCCC(=O)OCC(CN(C)CCO)OC(=O)CCCCCCCCCCCCC. The van der Waals surface area contributed by atoms with E-state index >= 15 is 0 Å². The van der Waals surface area contributed by atoms with Crippen LogP contribution >= 0.6 is 0 Å². The summed E-state index contributed by atoms with van der Waals surface area (Å²) in [6.45, 7) is 5.55. The number of likely N-dealkylation sites (N-methyl/N-ethyl adjacent to an activating group) is 1. The zero-order valence-corrected chi connectivity index (χ0v) is 26.9. The van der Waals surface area contributed by atoms with E-state index in [9.17, 15) is 14.7 Å². The molecule has 0 aromatic heterocycles. The molecule has 0 radical (unpaired) electrons. The summed E-state index contributed by atoms with van der Waals surface area (Å²) in [5, 5.41) is 9.22. The zero-order chi connectivity index (χ0) is 29.5. The maximum absolute atomic E-state index is 12.5. The third kappa shape index (κ3) is 28.4. The Hall–Kier alpha value is -1.14. The summed E-state index contributed by atoms with van der Waals surface area (Å²) >= 11 is 0. The average Bonchev–Trinajstić information content (AvgIpc) is 2.93. The maximum atomic E-state index is 12.5. The highest BCUT2D eigenvalue weighted by atomic mass is 16.6. The summed E-state index contributed by atoms with van der Waals surface area (Å²) in [5.74, 6) is -0.438. The van der Waals surface area contributed by atoms with Crippen LogP contribution in [0.2, 0.25) is 0 Å². The van der Waals surface area contributed by atoms with Crippen LogP contribution in [-0.2, 0) is 19.1 Å². The van der Waals surface area contributed by atoms with Gasteiger partial charge in [-0.05, 0) is 19.9 Å². The van der Waals surface area contributed by atoms with Crippen molar-refractivity contribution in [2.24, 2.45) is 0 Å². The molecule has 0 aromatic carbocycles. The van der Waals surface area contributed by atoms with Gasteiger partial charge in [0.05, 0.1) is 6.61 Å². The van der Waals surface area contributed by atoms with Crippen LogP contribution in [-0.4, -0.2) is 61.4 Å². The highest BCUT2D eigenvalue weighted by Gasteiger charge is 2.19. The van der Waals surface area contributed by atoms with Crippen molar-refractivity contribution in [1.82, 2.24) is 4.90 Å². The van der Waals surface area contributed by atoms with Gasteiger partial charge < -0.3 is 19.5 Å². The normalized spacial score (nSPS) is 12.1. The molecule has 0 saturated carbocycles. The standard InChI is InChI=1S/C34H67NO5/c1-4-6-8-10-12-14-16-18-20-22-24-26-33(37)39-31-32(30-35(3)28-29-36)40-34(38)27-25-23-21-19-17-15-13-11-9-7-5-2/h32,36H,4-31H2,1-3H3. The second-order valence-electron chi connectivity index (χ2n) is 11.9. The molecule has 238 valence electrons. The fourth-order valence-electron chi connectivity index (χ4n) is 5.10. The number of esters is 2. The third-order valence-electron chi connectivity index (χ3n) is 7.69. The van der Waals surface area contributed by atoms with E-state index in [1.807, 2.05) is 11.9 Å². The van der Waals surface area contributed by atoms with Gasteiger partial charge in [-0.15, -0.1) is 0 Å². The van der Waals surface area contributed by atoms with Crippen molar-refractivity contribution in [3.8, 4) is 0 Å². The largest absolute Gasteiger partial charge is 0.462 e. The fraction of sp³-hybridized carbons (Fsp3) is 0.941. The number of unbranched alkanes of at least 4 members (excludes halogenated alkanes) is 20. The topological polar surface area (TPSA) is 76.1 Å². The molecule has 1 N–H and O–H groups in total. The van der Waals surface area contributed by atoms with Gasteiger partial charge in [-0.2, -0.15) is 0 Å². The molecule has 0 saturated heterocycles. The first-order valence-electron chi connectivity index (χ1n) is 17.2. The average molecular weight is 570 g/mol. The molecule has 0 bridgehead atoms. The van der Waals surface area contributed by atoms with Gasteiger partial charge in [-0.1, -0.05) is 142 Å². The van der Waals surface area contributed by atoms with Gasteiger partial charge in [-0.3, -0.25) is 9.59 Å². The van der Waals surface area contributed by atoms with Crippen molar-refractivity contribution >= 4 is 11.9 Å². The third-order valence-corrected chi connectivity index (χ3v) is 7.69. The molecule has 6 nitrogen and oxygen atoms in total. The fourth-order valence-corrected chi connectivity index (χ4v) is 5.10. The van der Waals surface area contributed by atoms with Crippen molar-refractivity contribution in [3.63, 3.8) is 0 Å². The number of aliphatic hydroxyl groups is 1. The van der Waals surface area contributed by atoms with Gasteiger partial charge in [-0.25, -0.2) is 0 Å². The molecule has 0 aliphatic rings. The first-order valence-corrected chi connectivity index (χ1v) is 17.2. The second kappa shape index (κ2) is 30.8. The first-order chi connectivity index (χ1) is 19.5. The molecule has 0 aromatic rings. The number of rotatable bonds is 31. The summed E-state index contributed by atoms with van der Waals surface area (Å²) in [6, 6.07) is 0. The molecule has 0 rings (SSSR count). The number of carbonyl (C=O) groups excluding carboxylic acids is 2. The van der Waals surface area contributed by atoms with Gasteiger partial charge in [0.2, 0.25) is 0 Å². The Morgan fingerprint density at radius 1 is 0.600 bits per heavy atom. The van der Waals surface area contributed by atoms with Crippen molar-refractivity contribution in [2.45, 2.75) is 174 Å². The summed E-state index contributed by atoms with van der Waals surface area (Å²) in [6.07, 6.45) is 27.7. The number of hydrogen-bond donors (Lipinski definition) is 1. The number of carbonyl (C=O) groups is 2. The van der Waals surface area contributed by atoms with Crippen LogP contribution < -0.4 is 0 Å². The van der Waals surface area contributed by atoms with Gasteiger partial charge in [0.15, 0.2) is 0 Å². The van der Waals surface area contributed by atoms with Crippen LogP contribution in [0.4, 0.5) is 0 Å². The van der Waals surface area contributed by atoms with Crippen LogP contribution in [0.5, 0.6) is 0 Å². The van der Waals surface area contributed by atoms with Crippen molar-refractivity contribution < 1.29 is 24.2 Å². The summed E-state index contributed by atoms with van der Waals surface area (Å²) < 4.78 is 11.2. The molecular formula is C34H67NO5. The summed E-state index contributed by atoms with van der Waals surface area (Å²) in [4.78, 5) is 26.6. The molecule has 40 heavy (non-hydrogen) atoms. The minimum Gasteiger partial charge on any atom is -0.462 e. The molecule has 1 atom stereocenters. The van der Waals surface area contributed by atoms with Crippen LogP contribution in [0.3, 0.4) is 0 Å². The van der Waals surface area contributed by atoms with E-state index in [1.54, 1.807) is 0 Å². The molecule has 1 unspecified atom stereocenters. The molecular weight excluding hydrogens is 502 g/mol. The molecule has 0 aliphatic heterocycles. The Bertz CT molecular complexity index is 556. The number of hydrogen-bond acceptors (Lipinski definition) is 6. The second-order valence-corrected chi connectivity index (χ2v) is 11.9. The maximum Gasteiger partial charge on any atom is 0.306 e. The summed E-state index contributed by atoms with van der Waals surface area (Å²) in [5.41, 5.74) is 0. The monoisotopic (exact) mass is 570 g/mol. The number of nitrogens with zero attached hydrogens (tertiary/aromatic N) is 1. The van der Waals surface area contributed by atoms with Crippen LogP contribution in [0.1, 0.15) is 168 Å². The smallest absolute Gasteiger partial charge is 0.306 e. The van der Waals surface area contributed by atoms with E-state index in [0.29, 0.717) is 25.9 Å². The highest BCUT2D eigenvalue weighted by Crippen LogP contribution is 2.14. The van der Waals surface area contributed by atoms with E-state index in [4.69, 9.17) is 9.47 Å². The lowest BCUT2D eigenvalue weighted by Gasteiger charge is -2.23. The lowest BCUT2D eigenvalue weighted by atomic mass is 10.1. The Kier molecular flexibility index (Phi) is 29.9. The van der Waals surface area contributed by atoms with Crippen molar-refractivity contribution in [3.05, 3.63) is 0 Å². The van der Waals surface area contributed by atoms with Crippen LogP contribution in [0.15, 0.2) is 0 Å². The van der Waals surface area contributed by atoms with Gasteiger partial charge in [0.25, 0.3) is 0 Å². The molecule has 0 aliphatic carbocycles. The lowest BCUT2D eigenvalue weighted by molar-refractivity contribution is -0.160. The highest BCUT2D eigenvalue weighted by molar-refractivity contribution is 5.70. The minimum atomic E-state index is -0.502. The molecule has 0 heterocycles. The molecule has 6 heteroatoms. The number of aliphatic hydroxyl groups excluding tert-OH is 1. The Morgan fingerprint density at radius 3 is 1.38 bits per heavy atom. The zero-order valence-electron chi connectivity index (χ0n) is 26.9. The predicted molar refractivity (Wildman–Crippen MR) is 168 cm³/mol. The van der Waals surface area contributed by atoms with E-state index < -0.39 is 6.10 Å². The quantitative estimate of drug-likeness (QED) is 0.0664. The van der Waals surface area contributed by atoms with E-state index in [2.05, 4.69) is 13.8 Å². The molecule has 0 amide bonds. The van der Waals surface area contributed by atoms with E-state index in [1.165, 1.54) is 116 Å².